The number of amides is 1. The van der Waals surface area contributed by atoms with Gasteiger partial charge in [0.2, 0.25) is 5.91 Å². The molecule has 2 saturated heterocycles. The molecule has 5 heteroatoms. The van der Waals surface area contributed by atoms with Crippen LogP contribution in [0.25, 0.3) is 0 Å². The number of carbonyl (C=O) groups excluding carboxylic acids is 1. The van der Waals surface area contributed by atoms with Crippen molar-refractivity contribution in [3.8, 4) is 0 Å². The zero-order valence-corrected chi connectivity index (χ0v) is 14.3. The average Bonchev–Trinajstić information content (AvgIpc) is 3.03. The first-order valence-corrected chi connectivity index (χ1v) is 8.90. The van der Waals surface area contributed by atoms with Crippen molar-refractivity contribution >= 4 is 21.8 Å². The van der Waals surface area contributed by atoms with Gasteiger partial charge in [0.15, 0.2) is 0 Å². The van der Waals surface area contributed by atoms with Crippen LogP contribution >= 0.6 is 15.9 Å². The molecule has 3 rings (SSSR count). The van der Waals surface area contributed by atoms with Crippen LogP contribution in [-0.4, -0.2) is 43.2 Å². The molecule has 2 aliphatic heterocycles. The summed E-state index contributed by atoms with van der Waals surface area (Å²) in [5.41, 5.74) is 1.21. The maximum atomic E-state index is 12.5. The van der Waals surface area contributed by atoms with E-state index in [9.17, 15) is 4.79 Å². The fourth-order valence-corrected chi connectivity index (χ4v) is 3.78. The highest BCUT2D eigenvalue weighted by atomic mass is 79.9. The highest BCUT2D eigenvalue weighted by Gasteiger charge is 2.30. The predicted octanol–water partition coefficient (Wildman–Crippen LogP) is 2.88. The van der Waals surface area contributed by atoms with Crippen LogP contribution in [0.4, 0.5) is 0 Å². The van der Waals surface area contributed by atoms with Gasteiger partial charge in [0.25, 0.3) is 0 Å². The molecular weight excluding hydrogens is 344 g/mol. The Hall–Kier alpha value is -0.910. The standard InChI is InChI=1S/C17H23BrN2O2/c18-14-4-1-3-13(11-14)16-5-2-10-20(16)17(21)12-22-15-6-8-19-9-7-15/h1,3-4,11,15-16,19H,2,5-10,12H2. The van der Waals surface area contributed by atoms with Crippen molar-refractivity contribution in [1.29, 1.82) is 0 Å². The van der Waals surface area contributed by atoms with E-state index in [1.165, 1.54) is 5.56 Å². The van der Waals surface area contributed by atoms with Crippen LogP contribution in [0.15, 0.2) is 28.7 Å². The molecule has 1 aromatic rings. The summed E-state index contributed by atoms with van der Waals surface area (Å²) in [6.07, 6.45) is 4.34. The lowest BCUT2D eigenvalue weighted by Gasteiger charge is -2.27. The Morgan fingerprint density at radius 2 is 2.14 bits per heavy atom. The molecule has 0 spiro atoms. The van der Waals surface area contributed by atoms with E-state index < -0.39 is 0 Å². The number of benzene rings is 1. The molecular formula is C17H23BrN2O2. The van der Waals surface area contributed by atoms with Gasteiger partial charge in [-0.15, -0.1) is 0 Å². The second-order valence-corrected chi connectivity index (χ2v) is 6.98. The highest BCUT2D eigenvalue weighted by Crippen LogP contribution is 2.33. The van der Waals surface area contributed by atoms with Gasteiger partial charge in [0, 0.05) is 11.0 Å². The second-order valence-electron chi connectivity index (χ2n) is 6.06. The van der Waals surface area contributed by atoms with Crippen molar-refractivity contribution in [2.45, 2.75) is 37.8 Å². The minimum absolute atomic E-state index is 0.126. The van der Waals surface area contributed by atoms with E-state index >= 15 is 0 Å². The third-order valence-corrected chi connectivity index (χ3v) is 5.03. The van der Waals surface area contributed by atoms with Crippen LogP contribution in [0, 0.1) is 0 Å². The van der Waals surface area contributed by atoms with E-state index in [2.05, 4.69) is 33.4 Å². The Morgan fingerprint density at radius 1 is 1.32 bits per heavy atom. The van der Waals surface area contributed by atoms with Crippen LogP contribution in [0.2, 0.25) is 0 Å². The van der Waals surface area contributed by atoms with Crippen molar-refractivity contribution < 1.29 is 9.53 Å². The zero-order chi connectivity index (χ0) is 15.4. The lowest BCUT2D eigenvalue weighted by Crippen LogP contribution is -2.37. The number of ether oxygens (including phenoxy) is 1. The monoisotopic (exact) mass is 366 g/mol. The number of piperidine rings is 1. The van der Waals surface area contributed by atoms with E-state index in [1.54, 1.807) is 0 Å². The fraction of sp³-hybridized carbons (Fsp3) is 0.588. The largest absolute Gasteiger partial charge is 0.368 e. The van der Waals surface area contributed by atoms with Gasteiger partial charge in [-0.05, 0) is 56.5 Å². The molecule has 2 heterocycles. The van der Waals surface area contributed by atoms with Crippen LogP contribution < -0.4 is 5.32 Å². The van der Waals surface area contributed by atoms with Gasteiger partial charge < -0.3 is 15.0 Å². The van der Waals surface area contributed by atoms with Gasteiger partial charge in [-0.2, -0.15) is 0 Å². The number of likely N-dealkylation sites (tertiary alicyclic amines) is 1. The van der Waals surface area contributed by atoms with Gasteiger partial charge in [-0.3, -0.25) is 4.79 Å². The van der Waals surface area contributed by atoms with Crippen molar-refractivity contribution in [3.63, 3.8) is 0 Å². The van der Waals surface area contributed by atoms with Crippen molar-refractivity contribution in [3.05, 3.63) is 34.3 Å². The lowest BCUT2D eigenvalue weighted by molar-refractivity contribution is -0.139. The Morgan fingerprint density at radius 3 is 2.91 bits per heavy atom. The maximum Gasteiger partial charge on any atom is 0.249 e. The topological polar surface area (TPSA) is 41.6 Å². The molecule has 0 radical (unpaired) electrons. The summed E-state index contributed by atoms with van der Waals surface area (Å²) in [7, 11) is 0. The van der Waals surface area contributed by atoms with Crippen LogP contribution in [0.3, 0.4) is 0 Å². The normalized spacial score (nSPS) is 23.0. The van der Waals surface area contributed by atoms with Gasteiger partial charge in [-0.1, -0.05) is 28.1 Å². The minimum Gasteiger partial charge on any atom is -0.368 e. The van der Waals surface area contributed by atoms with E-state index in [0.717, 1.165) is 49.8 Å². The van der Waals surface area contributed by atoms with E-state index in [1.807, 2.05) is 17.0 Å². The van der Waals surface area contributed by atoms with Gasteiger partial charge in [0.1, 0.15) is 6.61 Å². The number of nitrogens with one attached hydrogen (secondary N) is 1. The summed E-state index contributed by atoms with van der Waals surface area (Å²) < 4.78 is 6.89. The third-order valence-electron chi connectivity index (χ3n) is 4.54. The smallest absolute Gasteiger partial charge is 0.249 e. The van der Waals surface area contributed by atoms with E-state index in [0.29, 0.717) is 0 Å². The molecule has 0 saturated carbocycles. The van der Waals surface area contributed by atoms with Crippen LogP contribution in [-0.2, 0) is 9.53 Å². The summed E-state index contributed by atoms with van der Waals surface area (Å²) >= 11 is 3.51. The number of hydrogen-bond donors (Lipinski definition) is 1. The number of carbonyl (C=O) groups is 1. The SMILES string of the molecule is O=C(COC1CCNCC1)N1CCCC1c1cccc(Br)c1. The summed E-state index contributed by atoms with van der Waals surface area (Å²) in [5, 5.41) is 3.31. The number of rotatable bonds is 4. The van der Waals surface area contributed by atoms with Gasteiger partial charge in [0.05, 0.1) is 12.1 Å². The molecule has 4 nitrogen and oxygen atoms in total. The van der Waals surface area contributed by atoms with E-state index in [-0.39, 0.29) is 24.7 Å². The first-order valence-electron chi connectivity index (χ1n) is 8.11. The lowest BCUT2D eigenvalue weighted by atomic mass is 10.0. The molecule has 1 N–H and O–H groups in total. The highest BCUT2D eigenvalue weighted by molar-refractivity contribution is 9.10. The Balaban J connectivity index is 1.58. The molecule has 0 aliphatic carbocycles. The van der Waals surface area contributed by atoms with Crippen LogP contribution in [0.5, 0.6) is 0 Å². The molecule has 0 aromatic heterocycles. The van der Waals surface area contributed by atoms with Crippen molar-refractivity contribution in [2.24, 2.45) is 0 Å². The molecule has 2 aliphatic rings. The molecule has 1 amide bonds. The summed E-state index contributed by atoms with van der Waals surface area (Å²) in [5.74, 6) is 0.126. The molecule has 22 heavy (non-hydrogen) atoms. The molecule has 120 valence electrons. The predicted molar refractivity (Wildman–Crippen MR) is 89.7 cm³/mol. The fourth-order valence-electron chi connectivity index (χ4n) is 3.36. The Bertz CT molecular complexity index is 517. The van der Waals surface area contributed by atoms with E-state index in [4.69, 9.17) is 4.74 Å². The van der Waals surface area contributed by atoms with Crippen molar-refractivity contribution in [2.75, 3.05) is 26.2 Å². The first kappa shape index (κ1) is 16.0. The quantitative estimate of drug-likeness (QED) is 0.890. The number of nitrogens with zero attached hydrogens (tertiary/aromatic N) is 1. The van der Waals surface area contributed by atoms with Crippen LogP contribution in [0.1, 0.15) is 37.3 Å². The average molecular weight is 367 g/mol. The van der Waals surface area contributed by atoms with Gasteiger partial charge in [-0.25, -0.2) is 0 Å². The van der Waals surface area contributed by atoms with Crippen molar-refractivity contribution in [1.82, 2.24) is 10.2 Å². The van der Waals surface area contributed by atoms with Gasteiger partial charge >= 0.3 is 0 Å². The Labute approximate surface area is 140 Å². The minimum atomic E-state index is 0.126. The summed E-state index contributed by atoms with van der Waals surface area (Å²) in [4.78, 5) is 14.5. The third kappa shape index (κ3) is 3.89. The number of halogens is 1. The molecule has 2 fully saturated rings. The molecule has 0 bridgehead atoms. The summed E-state index contributed by atoms with van der Waals surface area (Å²) in [6.45, 7) is 3.03. The Kier molecular flexibility index (Phi) is 5.50. The maximum absolute atomic E-state index is 12.5. The molecule has 1 aromatic carbocycles. The first-order chi connectivity index (χ1) is 10.7. The summed E-state index contributed by atoms with van der Waals surface area (Å²) in [6, 6.07) is 8.47. The molecule has 1 atom stereocenters. The second kappa shape index (κ2) is 7.57. The molecule has 1 unspecified atom stereocenters. The number of hydrogen-bond acceptors (Lipinski definition) is 3. The zero-order valence-electron chi connectivity index (χ0n) is 12.8.